The van der Waals surface area contributed by atoms with Gasteiger partial charge in [0.2, 0.25) is 5.95 Å². The zero-order chi connectivity index (χ0) is 29.0. The molecule has 9 heteroatoms. The highest BCUT2D eigenvalue weighted by molar-refractivity contribution is 7.13. The second-order valence-corrected chi connectivity index (χ2v) is 13.2. The number of carbonyl (C=O) groups excluding carboxylic acids is 1. The molecule has 1 aliphatic carbocycles. The molecule has 1 aliphatic rings. The van der Waals surface area contributed by atoms with Crippen LogP contribution in [0.4, 0.5) is 11.6 Å². The number of rotatable bonds is 8. The van der Waals surface area contributed by atoms with Crippen molar-refractivity contribution in [3.8, 4) is 11.3 Å². The molecule has 1 fully saturated rings. The van der Waals surface area contributed by atoms with Crippen LogP contribution in [0.15, 0.2) is 49.1 Å². The standard InChI is InChI=1S/C32H41N7OS/c1-6-22-8-7-9-26(13-10-22)39-20-25(18-36-39)37-31-33-15-14-27(38-31)23-11-12-24(21(2)16-23)17-34-29(40)28-19-35-30(41-28)32(3,4)5/h11-12,14-16,18-20,22,26H,6-10,13,17H2,1-5H3,(H,34,40)(H,33,37,38). The minimum atomic E-state index is -0.0967. The summed E-state index contributed by atoms with van der Waals surface area (Å²) in [5, 5.41) is 12.0. The van der Waals surface area contributed by atoms with Crippen molar-refractivity contribution < 1.29 is 4.79 Å². The van der Waals surface area contributed by atoms with Crippen molar-refractivity contribution in [1.29, 1.82) is 0 Å². The quantitative estimate of drug-likeness (QED) is 0.211. The van der Waals surface area contributed by atoms with Gasteiger partial charge in [-0.25, -0.2) is 15.0 Å². The van der Waals surface area contributed by atoms with Gasteiger partial charge in [0.15, 0.2) is 0 Å². The number of thiazole rings is 1. The largest absolute Gasteiger partial charge is 0.347 e. The van der Waals surface area contributed by atoms with Crippen molar-refractivity contribution in [2.45, 2.75) is 91.1 Å². The molecule has 0 spiro atoms. The number of nitrogens with one attached hydrogen (secondary N) is 2. The number of hydrogen-bond acceptors (Lipinski definition) is 7. The highest BCUT2D eigenvalue weighted by Gasteiger charge is 2.21. The second kappa shape index (κ2) is 12.5. The van der Waals surface area contributed by atoms with Gasteiger partial charge in [-0.2, -0.15) is 5.10 Å². The van der Waals surface area contributed by atoms with Crippen molar-refractivity contribution in [1.82, 2.24) is 30.0 Å². The molecule has 2 atom stereocenters. The summed E-state index contributed by atoms with van der Waals surface area (Å²) in [7, 11) is 0. The zero-order valence-corrected chi connectivity index (χ0v) is 25.6. The lowest BCUT2D eigenvalue weighted by molar-refractivity contribution is 0.0954. The van der Waals surface area contributed by atoms with Crippen LogP contribution in [0.1, 0.15) is 98.1 Å². The maximum absolute atomic E-state index is 12.7. The van der Waals surface area contributed by atoms with Crippen LogP contribution in [0.3, 0.4) is 0 Å². The molecule has 0 aliphatic heterocycles. The number of nitrogens with zero attached hydrogens (tertiary/aromatic N) is 5. The third-order valence-corrected chi connectivity index (χ3v) is 9.39. The van der Waals surface area contributed by atoms with Crippen molar-refractivity contribution in [3.05, 3.63) is 70.1 Å². The zero-order valence-electron chi connectivity index (χ0n) is 24.8. The van der Waals surface area contributed by atoms with Gasteiger partial charge in [0, 0.05) is 29.9 Å². The molecular formula is C32H41N7OS. The normalized spacial score (nSPS) is 17.7. The van der Waals surface area contributed by atoms with E-state index in [0.717, 1.165) is 39.0 Å². The van der Waals surface area contributed by atoms with Gasteiger partial charge in [0.25, 0.3) is 5.91 Å². The molecule has 3 aromatic heterocycles. The molecule has 1 aromatic carbocycles. The lowest BCUT2D eigenvalue weighted by Crippen LogP contribution is -2.22. The Morgan fingerprint density at radius 2 is 1.95 bits per heavy atom. The molecule has 0 saturated heterocycles. The van der Waals surface area contributed by atoms with E-state index in [9.17, 15) is 4.79 Å². The Hall–Kier alpha value is -3.59. The summed E-state index contributed by atoms with van der Waals surface area (Å²) in [6, 6.07) is 8.57. The van der Waals surface area contributed by atoms with Crippen LogP contribution in [0, 0.1) is 12.8 Å². The number of amides is 1. The highest BCUT2D eigenvalue weighted by atomic mass is 32.1. The van der Waals surface area contributed by atoms with E-state index < -0.39 is 0 Å². The number of carbonyl (C=O) groups is 1. The smallest absolute Gasteiger partial charge is 0.263 e. The minimum Gasteiger partial charge on any atom is -0.347 e. The Kier molecular flexibility index (Phi) is 8.82. The summed E-state index contributed by atoms with van der Waals surface area (Å²) in [5.41, 5.74) is 4.82. The molecule has 2 N–H and O–H groups in total. The molecule has 0 bridgehead atoms. The first kappa shape index (κ1) is 28.9. The van der Waals surface area contributed by atoms with E-state index in [4.69, 9.17) is 4.98 Å². The Labute approximate surface area is 247 Å². The third-order valence-electron chi connectivity index (χ3n) is 7.97. The predicted molar refractivity (Wildman–Crippen MR) is 166 cm³/mol. The minimum absolute atomic E-state index is 0.0685. The Morgan fingerprint density at radius 1 is 1.10 bits per heavy atom. The molecule has 5 rings (SSSR count). The predicted octanol–water partition coefficient (Wildman–Crippen LogP) is 7.61. The number of aryl methyl sites for hydroxylation is 1. The lowest BCUT2D eigenvalue weighted by atomic mass is 9.98. The maximum Gasteiger partial charge on any atom is 0.263 e. The number of aromatic nitrogens is 5. The summed E-state index contributed by atoms with van der Waals surface area (Å²) >= 11 is 1.45. The fraction of sp³-hybridized carbons (Fsp3) is 0.469. The number of benzene rings is 1. The Morgan fingerprint density at radius 3 is 2.71 bits per heavy atom. The fourth-order valence-corrected chi connectivity index (χ4v) is 6.27. The average Bonchev–Trinajstić information content (AvgIpc) is 3.58. The average molecular weight is 572 g/mol. The van der Waals surface area contributed by atoms with Gasteiger partial charge in [-0.3, -0.25) is 9.48 Å². The molecule has 8 nitrogen and oxygen atoms in total. The van der Waals surface area contributed by atoms with Crippen molar-refractivity contribution in [3.63, 3.8) is 0 Å². The first-order valence-corrected chi connectivity index (χ1v) is 15.5. The molecular weight excluding hydrogens is 530 g/mol. The maximum atomic E-state index is 12.7. The molecule has 3 heterocycles. The van der Waals surface area contributed by atoms with Crippen LogP contribution in [-0.4, -0.2) is 30.6 Å². The summed E-state index contributed by atoms with van der Waals surface area (Å²) < 4.78 is 2.11. The van der Waals surface area contributed by atoms with Crippen LogP contribution < -0.4 is 10.6 Å². The third kappa shape index (κ3) is 7.19. The summed E-state index contributed by atoms with van der Waals surface area (Å²) in [5.74, 6) is 1.30. The van der Waals surface area contributed by atoms with Crippen molar-refractivity contribution >= 4 is 28.9 Å². The van der Waals surface area contributed by atoms with Gasteiger partial charge in [-0.05, 0) is 55.4 Å². The van der Waals surface area contributed by atoms with Crippen LogP contribution in [0.5, 0.6) is 0 Å². The van der Waals surface area contributed by atoms with Crippen LogP contribution in [-0.2, 0) is 12.0 Å². The van der Waals surface area contributed by atoms with E-state index in [0.29, 0.717) is 23.4 Å². The summed E-state index contributed by atoms with van der Waals surface area (Å²) in [6.45, 7) is 11.1. The Bertz CT molecular complexity index is 1490. The number of hydrogen-bond donors (Lipinski definition) is 2. The van der Waals surface area contributed by atoms with Gasteiger partial charge in [-0.15, -0.1) is 11.3 Å². The first-order chi connectivity index (χ1) is 19.7. The molecule has 216 valence electrons. The molecule has 4 aromatic rings. The monoisotopic (exact) mass is 571 g/mol. The molecule has 2 unspecified atom stereocenters. The number of anilines is 2. The van der Waals surface area contributed by atoms with Gasteiger partial charge < -0.3 is 10.6 Å². The second-order valence-electron chi connectivity index (χ2n) is 12.1. The summed E-state index contributed by atoms with van der Waals surface area (Å²) in [6.07, 6.45) is 14.9. The van der Waals surface area contributed by atoms with E-state index in [1.165, 1.54) is 49.9 Å². The van der Waals surface area contributed by atoms with E-state index in [1.54, 1.807) is 12.4 Å². The van der Waals surface area contributed by atoms with E-state index >= 15 is 0 Å². The first-order valence-electron chi connectivity index (χ1n) is 14.7. The molecule has 41 heavy (non-hydrogen) atoms. The van der Waals surface area contributed by atoms with Crippen LogP contribution in [0.2, 0.25) is 0 Å². The molecule has 1 amide bonds. The molecule has 0 radical (unpaired) electrons. The van der Waals surface area contributed by atoms with Gasteiger partial charge >= 0.3 is 0 Å². The van der Waals surface area contributed by atoms with Crippen molar-refractivity contribution in [2.75, 3.05) is 5.32 Å². The van der Waals surface area contributed by atoms with E-state index in [1.807, 2.05) is 24.4 Å². The van der Waals surface area contributed by atoms with Crippen LogP contribution >= 0.6 is 11.3 Å². The van der Waals surface area contributed by atoms with E-state index in [2.05, 4.69) is 77.3 Å². The van der Waals surface area contributed by atoms with Crippen molar-refractivity contribution in [2.24, 2.45) is 5.92 Å². The lowest BCUT2D eigenvalue weighted by Gasteiger charge is -2.15. The van der Waals surface area contributed by atoms with Gasteiger partial charge in [0.05, 0.1) is 34.8 Å². The fourth-order valence-electron chi connectivity index (χ4n) is 5.38. The highest BCUT2D eigenvalue weighted by Crippen LogP contribution is 2.32. The van der Waals surface area contributed by atoms with Gasteiger partial charge in [0.1, 0.15) is 4.88 Å². The summed E-state index contributed by atoms with van der Waals surface area (Å²) in [4.78, 5) is 27.0. The molecule has 1 saturated carbocycles. The Balaban J connectivity index is 1.21. The SMILES string of the molecule is CCC1CCCC(n2cc(Nc3nccc(-c4ccc(CNC(=O)c5cnc(C(C)(C)C)s5)c(C)c4)n3)cn2)CC1. The van der Waals surface area contributed by atoms with E-state index in [-0.39, 0.29) is 11.3 Å². The van der Waals surface area contributed by atoms with Gasteiger partial charge in [-0.1, -0.05) is 59.1 Å². The topological polar surface area (TPSA) is 97.6 Å². The van der Waals surface area contributed by atoms with Crippen LogP contribution in [0.25, 0.3) is 11.3 Å².